The topological polar surface area (TPSA) is 60.7 Å². The number of aromatic hydroxyl groups is 3. The summed E-state index contributed by atoms with van der Waals surface area (Å²) in [5.74, 6) is 0.259. The van der Waals surface area contributed by atoms with Crippen molar-refractivity contribution in [3.8, 4) is 28.4 Å². The molecule has 0 unspecified atom stereocenters. The van der Waals surface area contributed by atoms with Gasteiger partial charge in [0.15, 0.2) is 0 Å². The van der Waals surface area contributed by atoms with Crippen molar-refractivity contribution < 1.29 is 15.3 Å². The Kier molecular flexibility index (Phi) is 2.44. The minimum absolute atomic E-state index is 0.0146. The van der Waals surface area contributed by atoms with Gasteiger partial charge in [-0.3, -0.25) is 0 Å². The van der Waals surface area contributed by atoms with Crippen LogP contribution >= 0.6 is 0 Å². The molecule has 3 heteroatoms. The van der Waals surface area contributed by atoms with E-state index in [-0.39, 0.29) is 17.2 Å². The number of benzene rings is 2. The van der Waals surface area contributed by atoms with Crippen LogP contribution in [-0.2, 0) is 0 Å². The highest BCUT2D eigenvalue weighted by molar-refractivity contribution is 5.68. The molecule has 0 saturated heterocycles. The Morgan fingerprint density at radius 3 is 1.94 bits per heavy atom. The standard InChI is InChI=1S/C13H12O3/c1-8-4-9(2-3-13(8)16)10-5-11(14)7-12(15)6-10/h2-7,14-16H,1H3. The van der Waals surface area contributed by atoms with Gasteiger partial charge in [0, 0.05) is 6.07 Å². The lowest BCUT2D eigenvalue weighted by atomic mass is 10.0. The second kappa shape index (κ2) is 3.77. The molecule has 2 rings (SSSR count). The summed E-state index contributed by atoms with van der Waals surface area (Å²) in [6.07, 6.45) is 0. The lowest BCUT2D eigenvalue weighted by molar-refractivity contribution is 0.451. The molecular weight excluding hydrogens is 204 g/mol. The Balaban J connectivity index is 2.54. The Hall–Kier alpha value is -2.16. The molecule has 0 aromatic heterocycles. The van der Waals surface area contributed by atoms with Crippen molar-refractivity contribution in [2.45, 2.75) is 6.92 Å². The van der Waals surface area contributed by atoms with E-state index in [2.05, 4.69) is 0 Å². The maximum absolute atomic E-state index is 9.40. The fourth-order valence-corrected chi connectivity index (χ4v) is 1.60. The molecule has 0 aliphatic heterocycles. The average Bonchev–Trinajstić information content (AvgIpc) is 2.20. The summed E-state index contributed by atoms with van der Waals surface area (Å²) >= 11 is 0. The first-order valence-electron chi connectivity index (χ1n) is 4.89. The third kappa shape index (κ3) is 1.93. The normalized spacial score (nSPS) is 10.3. The van der Waals surface area contributed by atoms with Gasteiger partial charge < -0.3 is 15.3 Å². The van der Waals surface area contributed by atoms with Crippen LogP contribution < -0.4 is 0 Å². The predicted molar refractivity (Wildman–Crippen MR) is 61.6 cm³/mol. The largest absolute Gasteiger partial charge is 0.508 e. The fourth-order valence-electron chi connectivity index (χ4n) is 1.60. The van der Waals surface area contributed by atoms with Crippen LogP contribution in [0, 0.1) is 6.92 Å². The molecular formula is C13H12O3. The molecule has 0 fully saturated rings. The molecule has 3 nitrogen and oxygen atoms in total. The van der Waals surface area contributed by atoms with Crippen molar-refractivity contribution in [3.05, 3.63) is 42.0 Å². The predicted octanol–water partition coefficient (Wildman–Crippen LogP) is 2.78. The lowest BCUT2D eigenvalue weighted by Crippen LogP contribution is -1.81. The molecule has 0 heterocycles. The first-order valence-corrected chi connectivity index (χ1v) is 4.89. The number of phenols is 3. The summed E-state index contributed by atoms with van der Waals surface area (Å²) in [4.78, 5) is 0. The zero-order chi connectivity index (χ0) is 11.7. The molecule has 0 aliphatic rings. The van der Waals surface area contributed by atoms with E-state index in [4.69, 9.17) is 0 Å². The van der Waals surface area contributed by atoms with E-state index in [1.165, 1.54) is 6.07 Å². The van der Waals surface area contributed by atoms with Crippen molar-refractivity contribution >= 4 is 0 Å². The number of rotatable bonds is 1. The van der Waals surface area contributed by atoms with Crippen LogP contribution in [0.4, 0.5) is 0 Å². The highest BCUT2D eigenvalue weighted by Crippen LogP contribution is 2.30. The molecule has 0 atom stereocenters. The zero-order valence-electron chi connectivity index (χ0n) is 8.81. The zero-order valence-corrected chi connectivity index (χ0v) is 8.81. The van der Waals surface area contributed by atoms with Gasteiger partial charge in [-0.25, -0.2) is 0 Å². The van der Waals surface area contributed by atoms with E-state index in [0.717, 1.165) is 11.1 Å². The minimum atomic E-state index is 0.0146. The van der Waals surface area contributed by atoms with Crippen molar-refractivity contribution in [1.29, 1.82) is 0 Å². The number of phenolic OH excluding ortho intramolecular Hbond substituents is 3. The Bertz CT molecular complexity index is 512. The molecule has 0 saturated carbocycles. The van der Waals surface area contributed by atoms with E-state index >= 15 is 0 Å². The van der Waals surface area contributed by atoms with Gasteiger partial charge in [-0.15, -0.1) is 0 Å². The van der Waals surface area contributed by atoms with Crippen LogP contribution in [0.3, 0.4) is 0 Å². The molecule has 0 radical (unpaired) electrons. The average molecular weight is 216 g/mol. The SMILES string of the molecule is Cc1cc(-c2cc(O)cc(O)c2)ccc1O. The molecule has 3 N–H and O–H groups in total. The Labute approximate surface area is 93.2 Å². The van der Waals surface area contributed by atoms with Gasteiger partial charge >= 0.3 is 0 Å². The van der Waals surface area contributed by atoms with Crippen molar-refractivity contribution in [2.24, 2.45) is 0 Å². The Morgan fingerprint density at radius 1 is 0.750 bits per heavy atom. The third-order valence-electron chi connectivity index (χ3n) is 2.43. The molecule has 16 heavy (non-hydrogen) atoms. The smallest absolute Gasteiger partial charge is 0.119 e. The molecule has 0 aliphatic carbocycles. The van der Waals surface area contributed by atoms with Gasteiger partial charge in [-0.05, 0) is 47.9 Å². The Morgan fingerprint density at radius 2 is 1.38 bits per heavy atom. The van der Waals surface area contributed by atoms with Gasteiger partial charge in [0.05, 0.1) is 0 Å². The van der Waals surface area contributed by atoms with Gasteiger partial charge in [0.1, 0.15) is 17.2 Å². The van der Waals surface area contributed by atoms with Gasteiger partial charge in [-0.1, -0.05) is 6.07 Å². The summed E-state index contributed by atoms with van der Waals surface area (Å²) in [6, 6.07) is 9.51. The fraction of sp³-hybridized carbons (Fsp3) is 0.0769. The summed E-state index contributed by atoms with van der Waals surface area (Å²) in [7, 11) is 0. The second-order valence-corrected chi connectivity index (χ2v) is 3.74. The van der Waals surface area contributed by atoms with E-state index < -0.39 is 0 Å². The van der Waals surface area contributed by atoms with Crippen LogP contribution in [0.5, 0.6) is 17.2 Å². The van der Waals surface area contributed by atoms with Crippen molar-refractivity contribution in [3.63, 3.8) is 0 Å². The van der Waals surface area contributed by atoms with Gasteiger partial charge in [-0.2, -0.15) is 0 Å². The van der Waals surface area contributed by atoms with E-state index in [9.17, 15) is 15.3 Å². The maximum Gasteiger partial charge on any atom is 0.119 e. The first kappa shape index (κ1) is 10.4. The van der Waals surface area contributed by atoms with Crippen LogP contribution in [0.15, 0.2) is 36.4 Å². The van der Waals surface area contributed by atoms with Crippen LogP contribution in [0.1, 0.15) is 5.56 Å². The number of hydrogen-bond acceptors (Lipinski definition) is 3. The van der Waals surface area contributed by atoms with Crippen molar-refractivity contribution in [2.75, 3.05) is 0 Å². The van der Waals surface area contributed by atoms with Crippen LogP contribution in [0.2, 0.25) is 0 Å². The van der Waals surface area contributed by atoms with Gasteiger partial charge in [0.2, 0.25) is 0 Å². The maximum atomic E-state index is 9.40. The molecule has 0 spiro atoms. The molecule has 2 aromatic carbocycles. The van der Waals surface area contributed by atoms with E-state index in [1.807, 2.05) is 0 Å². The van der Waals surface area contributed by atoms with Crippen LogP contribution in [0.25, 0.3) is 11.1 Å². The first-order chi connectivity index (χ1) is 7.56. The summed E-state index contributed by atoms with van der Waals surface area (Å²) in [5, 5.41) is 28.1. The highest BCUT2D eigenvalue weighted by atomic mass is 16.3. The quantitative estimate of drug-likeness (QED) is 0.686. The molecule has 0 bridgehead atoms. The van der Waals surface area contributed by atoms with Crippen LogP contribution in [-0.4, -0.2) is 15.3 Å². The molecule has 0 amide bonds. The number of hydrogen-bond donors (Lipinski definition) is 3. The highest BCUT2D eigenvalue weighted by Gasteiger charge is 2.04. The monoisotopic (exact) mass is 216 g/mol. The second-order valence-electron chi connectivity index (χ2n) is 3.74. The minimum Gasteiger partial charge on any atom is -0.508 e. The summed E-state index contributed by atoms with van der Waals surface area (Å²) < 4.78 is 0. The van der Waals surface area contributed by atoms with Crippen molar-refractivity contribution in [1.82, 2.24) is 0 Å². The lowest BCUT2D eigenvalue weighted by Gasteiger charge is -2.06. The third-order valence-corrected chi connectivity index (χ3v) is 2.43. The van der Waals surface area contributed by atoms with E-state index in [0.29, 0.717) is 5.56 Å². The number of aryl methyl sites for hydroxylation is 1. The van der Waals surface area contributed by atoms with Gasteiger partial charge in [0.25, 0.3) is 0 Å². The molecule has 82 valence electrons. The molecule has 2 aromatic rings. The summed E-state index contributed by atoms with van der Waals surface area (Å²) in [5.41, 5.74) is 2.29. The van der Waals surface area contributed by atoms with E-state index in [1.54, 1.807) is 37.3 Å². The summed E-state index contributed by atoms with van der Waals surface area (Å²) in [6.45, 7) is 1.79.